The summed E-state index contributed by atoms with van der Waals surface area (Å²) in [6.45, 7) is 1.73. The first kappa shape index (κ1) is 15.3. The van der Waals surface area contributed by atoms with Crippen molar-refractivity contribution in [3.8, 4) is 0 Å². The molecule has 23 heavy (non-hydrogen) atoms. The van der Waals surface area contributed by atoms with Gasteiger partial charge in [-0.25, -0.2) is 0 Å². The van der Waals surface area contributed by atoms with Crippen molar-refractivity contribution in [3.05, 3.63) is 35.9 Å². The van der Waals surface area contributed by atoms with Gasteiger partial charge in [0.25, 0.3) is 0 Å². The molecule has 5 atom stereocenters. The van der Waals surface area contributed by atoms with Crippen LogP contribution in [0.15, 0.2) is 30.3 Å². The van der Waals surface area contributed by atoms with Gasteiger partial charge in [0.2, 0.25) is 5.12 Å². The highest BCUT2D eigenvalue weighted by molar-refractivity contribution is 8.14. The monoisotopic (exact) mass is 334 g/mol. The Morgan fingerprint density at radius 2 is 2.09 bits per heavy atom. The molecular weight excluding hydrogens is 316 g/mol. The van der Waals surface area contributed by atoms with Gasteiger partial charge in [-0.15, -0.1) is 0 Å². The fourth-order valence-corrected chi connectivity index (χ4v) is 4.82. The quantitative estimate of drug-likeness (QED) is 0.911. The zero-order chi connectivity index (χ0) is 16.2. The van der Waals surface area contributed by atoms with Crippen LogP contribution in [-0.4, -0.2) is 39.4 Å². The molecule has 3 bridgehead atoms. The van der Waals surface area contributed by atoms with Crippen molar-refractivity contribution in [3.63, 3.8) is 0 Å². The van der Waals surface area contributed by atoms with Gasteiger partial charge in [0.1, 0.15) is 11.4 Å². The van der Waals surface area contributed by atoms with Crippen LogP contribution >= 0.6 is 11.8 Å². The van der Waals surface area contributed by atoms with E-state index in [1.807, 2.05) is 18.2 Å². The average molecular weight is 334 g/mol. The third-order valence-electron chi connectivity index (χ3n) is 5.22. The topological polar surface area (TPSA) is 72.8 Å². The maximum Gasteiger partial charge on any atom is 0.219 e. The van der Waals surface area contributed by atoms with Crippen molar-refractivity contribution in [2.75, 3.05) is 5.75 Å². The van der Waals surface area contributed by atoms with Crippen molar-refractivity contribution < 1.29 is 24.2 Å². The minimum atomic E-state index is -1.37. The summed E-state index contributed by atoms with van der Waals surface area (Å²) in [4.78, 5) is 24.6. The predicted octanol–water partition coefficient (Wildman–Crippen LogP) is 1.99. The second-order valence-corrected chi connectivity index (χ2v) is 7.69. The van der Waals surface area contributed by atoms with E-state index in [2.05, 4.69) is 0 Å². The normalized spacial score (nSPS) is 41.3. The standard InChI is InChI=1S/C17H18O5S/c1-16-8-13(18)11-7-17(16,20)22-15(21-16)12(11)9-23-14(19)10-5-3-2-4-6-10/h2-6,11-12,15,20H,7-9H2,1H3/t11-,12+,15+,16+,17-/m1/s1. The molecule has 122 valence electrons. The molecule has 0 radical (unpaired) electrons. The molecule has 5 nitrogen and oxygen atoms in total. The van der Waals surface area contributed by atoms with E-state index in [0.29, 0.717) is 11.3 Å². The molecule has 0 aromatic heterocycles. The number of ketones is 1. The molecule has 0 amide bonds. The molecule has 2 aliphatic heterocycles. The SMILES string of the molecule is C[C@]12CC(=O)[C@@H]3C[C@@]1(O)O[C@H](O2)[C@H]3CSC(=O)c1ccccc1. The fourth-order valence-electron chi connectivity index (χ4n) is 3.79. The van der Waals surface area contributed by atoms with E-state index in [1.54, 1.807) is 19.1 Å². The molecule has 1 aromatic carbocycles. The first-order valence-electron chi connectivity index (χ1n) is 7.75. The van der Waals surface area contributed by atoms with Gasteiger partial charge in [0.15, 0.2) is 12.1 Å². The minimum absolute atomic E-state index is 0.0300. The summed E-state index contributed by atoms with van der Waals surface area (Å²) in [6.07, 6.45) is -0.200. The Hall–Kier alpha value is -1.21. The Labute approximate surface area is 138 Å². The van der Waals surface area contributed by atoms with Crippen molar-refractivity contribution in [1.82, 2.24) is 0 Å². The summed E-state index contributed by atoms with van der Waals surface area (Å²) in [5, 5.41) is 10.6. The van der Waals surface area contributed by atoms with Crippen LogP contribution in [-0.2, 0) is 14.3 Å². The van der Waals surface area contributed by atoms with Gasteiger partial charge >= 0.3 is 0 Å². The minimum Gasteiger partial charge on any atom is -0.363 e. The number of hydrogen-bond acceptors (Lipinski definition) is 6. The van der Waals surface area contributed by atoms with Crippen LogP contribution in [0.25, 0.3) is 0 Å². The molecule has 0 spiro atoms. The third-order valence-corrected chi connectivity index (χ3v) is 6.27. The van der Waals surface area contributed by atoms with Crippen molar-refractivity contribution >= 4 is 22.7 Å². The zero-order valence-corrected chi connectivity index (χ0v) is 13.5. The molecule has 1 saturated carbocycles. The molecule has 1 aliphatic carbocycles. The number of fused-ring (bicyclic) bond motifs is 2. The number of carbonyl (C=O) groups excluding carboxylic acids is 2. The van der Waals surface area contributed by atoms with Crippen molar-refractivity contribution in [2.45, 2.75) is 37.4 Å². The first-order chi connectivity index (χ1) is 10.9. The van der Waals surface area contributed by atoms with E-state index < -0.39 is 17.7 Å². The van der Waals surface area contributed by atoms with E-state index in [4.69, 9.17) is 9.47 Å². The molecular formula is C17H18O5S. The number of hydrogen-bond donors (Lipinski definition) is 1. The van der Waals surface area contributed by atoms with Gasteiger partial charge in [0.05, 0.1) is 0 Å². The Morgan fingerprint density at radius 3 is 2.83 bits per heavy atom. The van der Waals surface area contributed by atoms with Gasteiger partial charge in [-0.1, -0.05) is 42.1 Å². The number of rotatable bonds is 3. The smallest absolute Gasteiger partial charge is 0.219 e. The summed E-state index contributed by atoms with van der Waals surface area (Å²) in [5.41, 5.74) is -0.325. The molecule has 1 N–H and O–H groups in total. The maximum atomic E-state index is 12.4. The molecule has 6 heteroatoms. The number of thioether (sulfide) groups is 1. The average Bonchev–Trinajstić information content (AvgIpc) is 2.69. The third kappa shape index (κ3) is 2.28. The van der Waals surface area contributed by atoms with E-state index in [0.717, 1.165) is 0 Å². The Bertz CT molecular complexity index is 662. The maximum absolute atomic E-state index is 12.4. The van der Waals surface area contributed by atoms with Gasteiger partial charge in [-0.05, 0) is 6.92 Å². The lowest BCUT2D eigenvalue weighted by molar-refractivity contribution is -0.266. The van der Waals surface area contributed by atoms with Gasteiger partial charge in [0, 0.05) is 36.0 Å². The second-order valence-electron chi connectivity index (χ2n) is 6.70. The summed E-state index contributed by atoms with van der Waals surface area (Å²) < 4.78 is 11.5. The summed E-state index contributed by atoms with van der Waals surface area (Å²) in [5.74, 6) is -1.34. The molecule has 0 unspecified atom stereocenters. The largest absolute Gasteiger partial charge is 0.363 e. The summed E-state index contributed by atoms with van der Waals surface area (Å²) in [6, 6.07) is 9.06. The van der Waals surface area contributed by atoms with E-state index in [-0.39, 0.29) is 35.6 Å². The highest BCUT2D eigenvalue weighted by Gasteiger charge is 2.69. The molecule has 2 saturated heterocycles. The lowest BCUT2D eigenvalue weighted by atomic mass is 9.70. The van der Waals surface area contributed by atoms with E-state index in [9.17, 15) is 14.7 Å². The zero-order valence-electron chi connectivity index (χ0n) is 12.7. The van der Waals surface area contributed by atoms with Crippen LogP contribution in [0, 0.1) is 11.8 Å². The van der Waals surface area contributed by atoms with Crippen LogP contribution in [0.5, 0.6) is 0 Å². The number of carbonyl (C=O) groups is 2. The lowest BCUT2D eigenvalue weighted by Crippen LogP contribution is -2.59. The highest BCUT2D eigenvalue weighted by atomic mass is 32.2. The number of benzene rings is 1. The number of aliphatic hydroxyl groups is 1. The molecule has 4 rings (SSSR count). The molecule has 3 aliphatic rings. The Kier molecular flexibility index (Phi) is 3.43. The number of ether oxygens (including phenoxy) is 2. The van der Waals surface area contributed by atoms with Gasteiger partial charge in [-0.3, -0.25) is 9.59 Å². The van der Waals surface area contributed by atoms with Crippen LogP contribution < -0.4 is 0 Å². The Balaban J connectivity index is 1.50. The lowest BCUT2D eigenvalue weighted by Gasteiger charge is -2.45. The van der Waals surface area contributed by atoms with Crippen LogP contribution in [0.2, 0.25) is 0 Å². The summed E-state index contributed by atoms with van der Waals surface area (Å²) in [7, 11) is 0. The Morgan fingerprint density at radius 1 is 1.35 bits per heavy atom. The first-order valence-corrected chi connectivity index (χ1v) is 8.73. The summed E-state index contributed by atoms with van der Waals surface area (Å²) >= 11 is 1.18. The van der Waals surface area contributed by atoms with Crippen molar-refractivity contribution in [2.24, 2.45) is 11.8 Å². The highest BCUT2D eigenvalue weighted by Crippen LogP contribution is 2.56. The molecule has 2 heterocycles. The van der Waals surface area contributed by atoms with Crippen molar-refractivity contribution in [1.29, 1.82) is 0 Å². The van der Waals surface area contributed by atoms with Gasteiger partial charge in [-0.2, -0.15) is 0 Å². The predicted molar refractivity (Wildman–Crippen MR) is 83.8 cm³/mol. The molecule has 3 fully saturated rings. The van der Waals surface area contributed by atoms with Gasteiger partial charge < -0.3 is 14.6 Å². The van der Waals surface area contributed by atoms with Crippen LogP contribution in [0.3, 0.4) is 0 Å². The van der Waals surface area contributed by atoms with E-state index >= 15 is 0 Å². The fraction of sp³-hybridized carbons (Fsp3) is 0.529. The number of Topliss-reactive ketones (excluding diaryl/α,β-unsaturated/α-hetero) is 1. The van der Waals surface area contributed by atoms with E-state index in [1.165, 1.54) is 11.8 Å². The molecule has 1 aromatic rings. The second kappa shape index (κ2) is 5.14. The van der Waals surface area contributed by atoms with Crippen LogP contribution in [0.1, 0.15) is 30.1 Å². The van der Waals surface area contributed by atoms with Crippen LogP contribution in [0.4, 0.5) is 0 Å².